The van der Waals surface area contributed by atoms with Crippen molar-refractivity contribution in [2.24, 2.45) is 0 Å². The van der Waals surface area contributed by atoms with Crippen LogP contribution in [0.25, 0.3) is 11.0 Å². The van der Waals surface area contributed by atoms with E-state index >= 15 is 0 Å². The zero-order valence-electron chi connectivity index (χ0n) is 9.13. The molecule has 0 fully saturated rings. The lowest BCUT2D eigenvalue weighted by Gasteiger charge is -2.04. The first kappa shape index (κ1) is 10.5. The van der Waals surface area contributed by atoms with Gasteiger partial charge in [-0.1, -0.05) is 6.07 Å². The smallest absolute Gasteiger partial charge is 0.111 e. The van der Waals surface area contributed by atoms with Crippen molar-refractivity contribution in [3.05, 3.63) is 29.6 Å². The molecule has 0 aliphatic carbocycles. The Bertz CT molecular complexity index is 474. The minimum atomic E-state index is 0.627. The van der Waals surface area contributed by atoms with Crippen molar-refractivity contribution in [2.75, 3.05) is 5.88 Å². The van der Waals surface area contributed by atoms with Crippen LogP contribution in [0.4, 0.5) is 0 Å². The van der Waals surface area contributed by atoms with Gasteiger partial charge in [0.05, 0.1) is 11.0 Å². The number of fused-ring (bicyclic) bond motifs is 1. The lowest BCUT2D eigenvalue weighted by molar-refractivity contribution is 0.727. The van der Waals surface area contributed by atoms with Crippen molar-refractivity contribution >= 4 is 22.6 Å². The summed E-state index contributed by atoms with van der Waals surface area (Å²) in [6.45, 7) is 5.20. The zero-order valence-corrected chi connectivity index (χ0v) is 9.88. The molecule has 1 heterocycles. The first-order valence-corrected chi connectivity index (χ1v) is 5.81. The van der Waals surface area contributed by atoms with E-state index in [2.05, 4.69) is 41.6 Å². The average Bonchev–Trinajstić information content (AvgIpc) is 2.55. The van der Waals surface area contributed by atoms with E-state index in [1.807, 2.05) is 0 Å². The summed E-state index contributed by atoms with van der Waals surface area (Å²) in [5, 5.41) is 0. The predicted molar refractivity (Wildman–Crippen MR) is 64.6 cm³/mol. The number of hydrogen-bond donors (Lipinski definition) is 0. The maximum absolute atomic E-state index is 5.77. The van der Waals surface area contributed by atoms with Crippen LogP contribution in [0.5, 0.6) is 0 Å². The molecule has 0 aliphatic rings. The molecule has 3 heteroatoms. The fourth-order valence-electron chi connectivity index (χ4n) is 1.91. The highest BCUT2D eigenvalue weighted by Crippen LogP contribution is 2.18. The molecule has 2 rings (SSSR count). The van der Waals surface area contributed by atoms with Gasteiger partial charge in [-0.15, -0.1) is 11.6 Å². The van der Waals surface area contributed by atoms with Crippen LogP contribution < -0.4 is 0 Å². The lowest BCUT2D eigenvalue weighted by atomic mass is 10.2. The molecule has 0 unspecified atom stereocenters. The molecule has 15 heavy (non-hydrogen) atoms. The van der Waals surface area contributed by atoms with Gasteiger partial charge in [-0.3, -0.25) is 0 Å². The molecule has 0 aliphatic heterocycles. The van der Waals surface area contributed by atoms with Gasteiger partial charge in [-0.05, 0) is 31.5 Å². The summed E-state index contributed by atoms with van der Waals surface area (Å²) in [4.78, 5) is 4.59. The molecule has 1 aromatic carbocycles. The molecule has 0 spiro atoms. The molecular formula is C12H15ClN2. The summed E-state index contributed by atoms with van der Waals surface area (Å²) in [6, 6.07) is 6.36. The van der Waals surface area contributed by atoms with E-state index in [-0.39, 0.29) is 0 Å². The molecule has 0 saturated carbocycles. The van der Waals surface area contributed by atoms with Crippen LogP contribution in [0.3, 0.4) is 0 Å². The zero-order chi connectivity index (χ0) is 10.8. The van der Waals surface area contributed by atoms with Crippen LogP contribution in [0.1, 0.15) is 18.3 Å². The summed E-state index contributed by atoms with van der Waals surface area (Å²) in [7, 11) is 0. The largest absolute Gasteiger partial charge is 0.328 e. The molecule has 1 aromatic heterocycles. The second-order valence-corrected chi connectivity index (χ2v) is 4.08. The van der Waals surface area contributed by atoms with Gasteiger partial charge in [0, 0.05) is 18.8 Å². The highest BCUT2D eigenvalue weighted by Gasteiger charge is 2.08. The third-order valence-corrected chi connectivity index (χ3v) is 2.81. The maximum atomic E-state index is 5.77. The Labute approximate surface area is 94.9 Å². The average molecular weight is 223 g/mol. The van der Waals surface area contributed by atoms with E-state index < -0.39 is 0 Å². The van der Waals surface area contributed by atoms with Crippen LogP contribution in [0.2, 0.25) is 0 Å². The Balaban J connectivity index is 2.63. The van der Waals surface area contributed by atoms with Crippen molar-refractivity contribution in [1.82, 2.24) is 9.55 Å². The lowest BCUT2D eigenvalue weighted by Crippen LogP contribution is -2.02. The third kappa shape index (κ3) is 1.86. The number of halogens is 1. The minimum absolute atomic E-state index is 0.627. The van der Waals surface area contributed by atoms with Crippen molar-refractivity contribution in [3.8, 4) is 0 Å². The van der Waals surface area contributed by atoms with Crippen LogP contribution in [0, 0.1) is 6.92 Å². The van der Waals surface area contributed by atoms with Crippen LogP contribution in [-0.2, 0) is 13.0 Å². The van der Waals surface area contributed by atoms with E-state index in [1.165, 1.54) is 11.1 Å². The fourth-order valence-corrected chi connectivity index (χ4v) is 2.08. The quantitative estimate of drug-likeness (QED) is 0.730. The second kappa shape index (κ2) is 4.23. The Hall–Kier alpha value is -1.02. The van der Waals surface area contributed by atoms with Crippen molar-refractivity contribution in [1.29, 1.82) is 0 Å². The molecule has 0 radical (unpaired) electrons. The van der Waals surface area contributed by atoms with Gasteiger partial charge in [0.25, 0.3) is 0 Å². The Morgan fingerprint density at radius 3 is 2.87 bits per heavy atom. The maximum Gasteiger partial charge on any atom is 0.111 e. The molecule has 2 nitrogen and oxygen atoms in total. The van der Waals surface area contributed by atoms with Gasteiger partial charge in [-0.25, -0.2) is 4.98 Å². The van der Waals surface area contributed by atoms with Gasteiger partial charge >= 0.3 is 0 Å². The molecular weight excluding hydrogens is 208 g/mol. The highest BCUT2D eigenvalue weighted by atomic mass is 35.5. The Morgan fingerprint density at radius 1 is 1.40 bits per heavy atom. The van der Waals surface area contributed by atoms with Gasteiger partial charge in [-0.2, -0.15) is 0 Å². The number of benzene rings is 1. The Kier molecular flexibility index (Phi) is 2.96. The number of hydrogen-bond acceptors (Lipinski definition) is 1. The van der Waals surface area contributed by atoms with Crippen LogP contribution in [0.15, 0.2) is 18.2 Å². The molecule has 0 saturated heterocycles. The van der Waals surface area contributed by atoms with Gasteiger partial charge in [0.1, 0.15) is 5.82 Å². The number of imidazole rings is 1. The topological polar surface area (TPSA) is 17.8 Å². The standard InChI is InChI=1S/C12H15ClN2/c1-3-15-11-8-9(2)4-5-10(11)14-12(15)6-7-13/h4-5,8H,3,6-7H2,1-2H3. The molecule has 0 atom stereocenters. The Morgan fingerprint density at radius 2 is 2.20 bits per heavy atom. The van der Waals surface area contributed by atoms with Gasteiger partial charge in [0.2, 0.25) is 0 Å². The van der Waals surface area contributed by atoms with Gasteiger partial charge < -0.3 is 4.57 Å². The normalized spacial score (nSPS) is 11.1. The number of alkyl halides is 1. The van der Waals surface area contributed by atoms with Crippen LogP contribution >= 0.6 is 11.6 Å². The SMILES string of the molecule is CCn1c(CCCl)nc2ccc(C)cc21. The fraction of sp³-hybridized carbons (Fsp3) is 0.417. The molecule has 80 valence electrons. The van der Waals surface area contributed by atoms with E-state index in [4.69, 9.17) is 11.6 Å². The van der Waals surface area contributed by atoms with E-state index in [0.29, 0.717) is 5.88 Å². The van der Waals surface area contributed by atoms with E-state index in [0.717, 1.165) is 24.3 Å². The first-order valence-electron chi connectivity index (χ1n) is 5.28. The molecule has 2 aromatic rings. The molecule has 0 N–H and O–H groups in total. The van der Waals surface area contributed by atoms with Crippen LogP contribution in [-0.4, -0.2) is 15.4 Å². The monoisotopic (exact) mass is 222 g/mol. The number of aryl methyl sites for hydroxylation is 3. The van der Waals surface area contributed by atoms with Crippen molar-refractivity contribution < 1.29 is 0 Å². The van der Waals surface area contributed by atoms with Crippen molar-refractivity contribution in [3.63, 3.8) is 0 Å². The van der Waals surface area contributed by atoms with E-state index in [1.54, 1.807) is 0 Å². The summed E-state index contributed by atoms with van der Waals surface area (Å²) < 4.78 is 2.24. The minimum Gasteiger partial charge on any atom is -0.328 e. The summed E-state index contributed by atoms with van der Waals surface area (Å²) in [6.07, 6.45) is 0.836. The summed E-state index contributed by atoms with van der Waals surface area (Å²) >= 11 is 5.77. The number of nitrogens with zero attached hydrogens (tertiary/aromatic N) is 2. The molecule has 0 amide bonds. The van der Waals surface area contributed by atoms with Gasteiger partial charge in [0.15, 0.2) is 0 Å². The highest BCUT2D eigenvalue weighted by molar-refractivity contribution is 6.17. The summed E-state index contributed by atoms with van der Waals surface area (Å²) in [5.41, 5.74) is 3.56. The summed E-state index contributed by atoms with van der Waals surface area (Å²) in [5.74, 6) is 1.72. The predicted octanol–water partition coefficient (Wildman–Crippen LogP) is 3.15. The number of rotatable bonds is 3. The third-order valence-electron chi connectivity index (χ3n) is 2.62. The first-order chi connectivity index (χ1) is 7.26. The number of aromatic nitrogens is 2. The second-order valence-electron chi connectivity index (χ2n) is 3.70. The molecule has 0 bridgehead atoms. The van der Waals surface area contributed by atoms with E-state index in [9.17, 15) is 0 Å². The van der Waals surface area contributed by atoms with Crippen molar-refractivity contribution in [2.45, 2.75) is 26.8 Å².